The molecule has 4 rings (SSSR count). The van der Waals surface area contributed by atoms with Crippen LogP contribution < -0.4 is 0 Å². The van der Waals surface area contributed by atoms with Gasteiger partial charge in [0.25, 0.3) is 0 Å². The summed E-state index contributed by atoms with van der Waals surface area (Å²) in [7, 11) is 0. The number of fused-ring (bicyclic) bond motifs is 5. The Hall–Kier alpha value is -1.12. The van der Waals surface area contributed by atoms with Gasteiger partial charge in [0.1, 0.15) is 11.7 Å². The third kappa shape index (κ3) is 3.22. The van der Waals surface area contributed by atoms with Crippen LogP contribution in [0, 0.1) is 46.3 Å². The number of ether oxygens (including phenoxy) is 1. The van der Waals surface area contributed by atoms with Crippen molar-refractivity contribution in [2.45, 2.75) is 85.5 Å². The van der Waals surface area contributed by atoms with Gasteiger partial charge in [0.05, 0.1) is 6.61 Å². The molecule has 0 aliphatic heterocycles. The van der Waals surface area contributed by atoms with Crippen LogP contribution in [0.1, 0.15) is 85.5 Å². The van der Waals surface area contributed by atoms with Gasteiger partial charge in [-0.2, -0.15) is 0 Å². The smallest absolute Gasteiger partial charge is 0.316 e. The number of ketones is 1. The molecule has 4 fully saturated rings. The Morgan fingerprint density at radius 3 is 2.48 bits per heavy atom. The Morgan fingerprint density at radius 1 is 1.07 bits per heavy atom. The lowest BCUT2D eigenvalue weighted by atomic mass is 9.46. The Morgan fingerprint density at radius 2 is 1.79 bits per heavy atom. The van der Waals surface area contributed by atoms with Gasteiger partial charge < -0.3 is 4.74 Å². The van der Waals surface area contributed by atoms with E-state index in [1.54, 1.807) is 0 Å². The molecular formula is C26H40O3. The number of allylic oxidation sites excluding steroid dienone is 1. The average molecular weight is 401 g/mol. The molecular weight excluding hydrogens is 360 g/mol. The van der Waals surface area contributed by atoms with Crippen LogP contribution in [-0.4, -0.2) is 18.4 Å². The second kappa shape index (κ2) is 7.54. The number of hydrogen-bond donors (Lipinski definition) is 0. The highest BCUT2D eigenvalue weighted by atomic mass is 16.5. The molecule has 4 aliphatic carbocycles. The summed E-state index contributed by atoms with van der Waals surface area (Å²) in [5, 5.41) is 0. The second-order valence-electron chi connectivity index (χ2n) is 11.2. The monoisotopic (exact) mass is 400 g/mol. The van der Waals surface area contributed by atoms with Gasteiger partial charge in [-0.15, -0.1) is 0 Å². The van der Waals surface area contributed by atoms with Crippen molar-refractivity contribution in [3.63, 3.8) is 0 Å². The highest BCUT2D eigenvalue weighted by Crippen LogP contribution is 2.67. The first-order valence-corrected chi connectivity index (χ1v) is 12.1. The van der Waals surface area contributed by atoms with E-state index in [2.05, 4.69) is 27.4 Å². The van der Waals surface area contributed by atoms with E-state index >= 15 is 0 Å². The molecule has 0 aromatic carbocycles. The summed E-state index contributed by atoms with van der Waals surface area (Å²) in [6.45, 7) is 13.8. The van der Waals surface area contributed by atoms with E-state index in [0.717, 1.165) is 18.3 Å². The number of esters is 1. The quantitative estimate of drug-likeness (QED) is 0.333. The normalized spacial score (nSPS) is 46.8. The zero-order chi connectivity index (χ0) is 21.0. The van der Waals surface area contributed by atoms with Gasteiger partial charge in [-0.05, 0) is 106 Å². The molecule has 1 unspecified atom stereocenters. The molecule has 0 heterocycles. The van der Waals surface area contributed by atoms with E-state index in [4.69, 9.17) is 4.74 Å². The first kappa shape index (κ1) is 21.1. The molecule has 3 nitrogen and oxygen atoms in total. The maximum atomic E-state index is 12.8. The van der Waals surface area contributed by atoms with Gasteiger partial charge >= 0.3 is 5.97 Å². The molecule has 0 saturated heterocycles. The average Bonchev–Trinajstić information content (AvgIpc) is 2.96. The zero-order valence-electron chi connectivity index (χ0n) is 19.0. The molecule has 8 atom stereocenters. The van der Waals surface area contributed by atoms with Crippen molar-refractivity contribution >= 4 is 11.8 Å². The van der Waals surface area contributed by atoms with Gasteiger partial charge in [0, 0.05) is 6.42 Å². The molecule has 0 aromatic rings. The van der Waals surface area contributed by atoms with Crippen LogP contribution in [0.4, 0.5) is 0 Å². The highest BCUT2D eigenvalue weighted by Gasteiger charge is 2.60. The predicted octanol–water partition coefficient (Wildman–Crippen LogP) is 5.97. The van der Waals surface area contributed by atoms with Crippen molar-refractivity contribution in [3.05, 3.63) is 12.2 Å². The SMILES string of the molecule is C=C(C)[C@H]1CC[C@H]2[C@@H]3CC[C@H]4CC(C(=O)OCC)C(=O)CC[C@]4(C)[C@H]3CC[C@]12C. The predicted molar refractivity (Wildman–Crippen MR) is 115 cm³/mol. The highest BCUT2D eigenvalue weighted by molar-refractivity contribution is 5.99. The van der Waals surface area contributed by atoms with Crippen LogP contribution in [0.3, 0.4) is 0 Å². The summed E-state index contributed by atoms with van der Waals surface area (Å²) >= 11 is 0. The van der Waals surface area contributed by atoms with Crippen molar-refractivity contribution in [1.29, 1.82) is 0 Å². The zero-order valence-corrected chi connectivity index (χ0v) is 19.0. The summed E-state index contributed by atoms with van der Waals surface area (Å²) in [6.07, 6.45) is 9.91. The fourth-order valence-corrected chi connectivity index (χ4v) is 8.57. The molecule has 3 heteroatoms. The first-order chi connectivity index (χ1) is 13.7. The van der Waals surface area contributed by atoms with Gasteiger partial charge in [-0.25, -0.2) is 0 Å². The Labute approximate surface area is 177 Å². The second-order valence-corrected chi connectivity index (χ2v) is 11.2. The van der Waals surface area contributed by atoms with E-state index in [1.807, 2.05) is 6.92 Å². The number of rotatable bonds is 3. The minimum absolute atomic E-state index is 0.125. The van der Waals surface area contributed by atoms with Crippen LogP contribution in [0.25, 0.3) is 0 Å². The largest absolute Gasteiger partial charge is 0.465 e. The summed E-state index contributed by atoms with van der Waals surface area (Å²) in [5.74, 6) is 2.78. The lowest BCUT2D eigenvalue weighted by molar-refractivity contribution is -0.152. The van der Waals surface area contributed by atoms with Crippen molar-refractivity contribution in [3.8, 4) is 0 Å². The molecule has 0 aromatic heterocycles. The number of carbonyl (C=O) groups is 2. The maximum absolute atomic E-state index is 12.8. The van der Waals surface area contributed by atoms with Crippen molar-refractivity contribution < 1.29 is 14.3 Å². The molecule has 4 saturated carbocycles. The first-order valence-electron chi connectivity index (χ1n) is 12.1. The van der Waals surface area contributed by atoms with E-state index in [1.165, 1.54) is 44.1 Å². The lowest BCUT2D eigenvalue weighted by Crippen LogP contribution is -2.51. The molecule has 4 aliphatic rings. The summed E-state index contributed by atoms with van der Waals surface area (Å²) < 4.78 is 5.26. The van der Waals surface area contributed by atoms with Gasteiger partial charge in [-0.1, -0.05) is 26.0 Å². The van der Waals surface area contributed by atoms with E-state index in [-0.39, 0.29) is 17.2 Å². The molecule has 0 N–H and O–H groups in total. The van der Waals surface area contributed by atoms with Gasteiger partial charge in [0.2, 0.25) is 0 Å². The Balaban J connectivity index is 1.58. The van der Waals surface area contributed by atoms with Crippen molar-refractivity contribution in [2.75, 3.05) is 6.61 Å². The molecule has 0 spiro atoms. The number of hydrogen-bond acceptors (Lipinski definition) is 3. The lowest BCUT2D eigenvalue weighted by Gasteiger charge is -2.59. The van der Waals surface area contributed by atoms with E-state index < -0.39 is 5.92 Å². The van der Waals surface area contributed by atoms with Crippen LogP contribution >= 0.6 is 0 Å². The minimum atomic E-state index is -0.522. The standard InChI is InChI=1S/C26H40O3/c1-6-29-24(28)19-15-17-7-8-18-21-10-9-20(16(2)3)26(21,5)13-11-22(18)25(17,4)14-12-23(19)27/h17-22H,2,6-15H2,1,3-5H3/t17-,18-,19?,20+,21-,22-,25-,26+/m0/s1. The van der Waals surface area contributed by atoms with E-state index in [9.17, 15) is 9.59 Å². The van der Waals surface area contributed by atoms with Crippen LogP contribution in [0.2, 0.25) is 0 Å². The van der Waals surface area contributed by atoms with Crippen molar-refractivity contribution in [1.82, 2.24) is 0 Å². The fraction of sp³-hybridized carbons (Fsp3) is 0.846. The maximum Gasteiger partial charge on any atom is 0.316 e. The molecule has 0 bridgehead atoms. The summed E-state index contributed by atoms with van der Waals surface area (Å²) in [4.78, 5) is 25.3. The third-order valence-corrected chi connectivity index (χ3v) is 10.1. The van der Waals surface area contributed by atoms with Gasteiger partial charge in [0.15, 0.2) is 0 Å². The molecule has 0 radical (unpaired) electrons. The number of Topliss-reactive ketones (excluding diaryl/α,β-unsaturated/α-hetero) is 1. The molecule has 162 valence electrons. The Kier molecular flexibility index (Phi) is 5.49. The van der Waals surface area contributed by atoms with Crippen LogP contribution in [0.15, 0.2) is 12.2 Å². The summed E-state index contributed by atoms with van der Waals surface area (Å²) in [6, 6.07) is 0. The van der Waals surface area contributed by atoms with Crippen LogP contribution in [0.5, 0.6) is 0 Å². The minimum Gasteiger partial charge on any atom is -0.465 e. The fourth-order valence-electron chi connectivity index (χ4n) is 8.57. The topological polar surface area (TPSA) is 43.4 Å². The Bertz CT molecular complexity index is 696. The third-order valence-electron chi connectivity index (χ3n) is 10.1. The molecule has 29 heavy (non-hydrogen) atoms. The number of carbonyl (C=O) groups excluding carboxylic acids is 2. The van der Waals surface area contributed by atoms with Crippen LogP contribution in [-0.2, 0) is 14.3 Å². The molecule has 0 amide bonds. The van der Waals surface area contributed by atoms with E-state index in [0.29, 0.717) is 42.6 Å². The van der Waals surface area contributed by atoms with Gasteiger partial charge in [-0.3, -0.25) is 9.59 Å². The summed E-state index contributed by atoms with van der Waals surface area (Å²) in [5.41, 5.74) is 2.00. The van der Waals surface area contributed by atoms with Crippen molar-refractivity contribution in [2.24, 2.45) is 46.3 Å².